The van der Waals surface area contributed by atoms with Crippen molar-refractivity contribution < 1.29 is 9.90 Å². The molecular formula is C18H27N3O2. The van der Waals surface area contributed by atoms with E-state index < -0.39 is 5.60 Å². The third kappa shape index (κ3) is 2.38. The van der Waals surface area contributed by atoms with E-state index in [1.54, 1.807) is 4.90 Å². The fourth-order valence-electron chi connectivity index (χ4n) is 6.13. The topological polar surface area (TPSA) is 76.4 Å². The predicted molar refractivity (Wildman–Crippen MR) is 85.3 cm³/mol. The van der Waals surface area contributed by atoms with Gasteiger partial charge in [-0.15, -0.1) is 0 Å². The van der Waals surface area contributed by atoms with Crippen LogP contribution in [0.25, 0.3) is 0 Å². The Kier molecular flexibility index (Phi) is 3.48. The Balaban J connectivity index is 1.43. The second kappa shape index (κ2) is 5.19. The maximum absolute atomic E-state index is 12.5. The van der Waals surface area contributed by atoms with Crippen LogP contribution in [-0.4, -0.2) is 46.2 Å². The summed E-state index contributed by atoms with van der Waals surface area (Å²) in [6, 6.07) is 1.99. The molecule has 2 N–H and O–H groups in total. The summed E-state index contributed by atoms with van der Waals surface area (Å²) < 4.78 is 0. The number of aliphatic hydroxyl groups is 1. The molecule has 5 aliphatic rings. The molecule has 1 unspecified atom stereocenters. The van der Waals surface area contributed by atoms with Crippen molar-refractivity contribution in [2.75, 3.05) is 13.1 Å². The molecule has 6 atom stereocenters. The summed E-state index contributed by atoms with van der Waals surface area (Å²) >= 11 is 0. The molecule has 4 aliphatic carbocycles. The van der Waals surface area contributed by atoms with E-state index in [0.717, 1.165) is 38.5 Å². The normalized spacial score (nSPS) is 47.8. The molecule has 1 saturated heterocycles. The van der Waals surface area contributed by atoms with Crippen molar-refractivity contribution in [1.82, 2.24) is 10.2 Å². The first-order valence-electron chi connectivity index (χ1n) is 9.11. The number of nitriles is 1. The van der Waals surface area contributed by atoms with Crippen LogP contribution in [0.2, 0.25) is 0 Å². The Bertz CT molecular complexity index is 559. The number of carbonyl (C=O) groups excluding carboxylic acids is 1. The number of nitrogens with zero attached hydrogens (tertiary/aromatic N) is 2. The van der Waals surface area contributed by atoms with Crippen LogP contribution in [-0.2, 0) is 4.79 Å². The monoisotopic (exact) mass is 317 g/mol. The van der Waals surface area contributed by atoms with E-state index in [4.69, 9.17) is 5.26 Å². The van der Waals surface area contributed by atoms with Gasteiger partial charge in [-0.2, -0.15) is 5.26 Å². The SMILES string of the molecule is C[C@H]1[C@@H]2C[C@@H]3CC1(O)C[C@@](NCC(=O)N1CCC[C@H]1C#N)(C3)C2. The number of hydrogen-bond donors (Lipinski definition) is 2. The third-order valence-electron chi connectivity index (χ3n) is 7.15. The highest BCUT2D eigenvalue weighted by atomic mass is 16.3. The highest BCUT2D eigenvalue weighted by molar-refractivity contribution is 5.79. The van der Waals surface area contributed by atoms with Gasteiger partial charge in [-0.25, -0.2) is 0 Å². The number of likely N-dealkylation sites (tertiary alicyclic amines) is 1. The maximum atomic E-state index is 12.5. The van der Waals surface area contributed by atoms with Gasteiger partial charge in [0.25, 0.3) is 0 Å². The standard InChI is InChI=1S/C18H27N3O2/c1-12-14-5-13-6-17(8-14,11-18(12,23)7-13)20-10-16(22)21-4-2-3-15(21)9-19/h12-15,20,23H,2-8,10-11H2,1H3/t12-,13-,14+,15-,17+,18?/m0/s1. The molecular weight excluding hydrogens is 290 g/mol. The molecule has 1 aliphatic heterocycles. The minimum Gasteiger partial charge on any atom is -0.390 e. The van der Waals surface area contributed by atoms with E-state index >= 15 is 0 Å². The Morgan fingerprint density at radius 1 is 1.43 bits per heavy atom. The molecule has 4 bridgehead atoms. The summed E-state index contributed by atoms with van der Waals surface area (Å²) in [4.78, 5) is 14.2. The van der Waals surface area contributed by atoms with Gasteiger partial charge in [-0.05, 0) is 62.7 Å². The van der Waals surface area contributed by atoms with Crippen molar-refractivity contribution in [3.05, 3.63) is 0 Å². The number of amides is 1. The Labute approximate surface area is 138 Å². The lowest BCUT2D eigenvalue weighted by Gasteiger charge is -2.63. The Morgan fingerprint density at radius 3 is 3.00 bits per heavy atom. The van der Waals surface area contributed by atoms with Crippen LogP contribution in [0.4, 0.5) is 0 Å². The number of carbonyl (C=O) groups is 1. The van der Waals surface area contributed by atoms with Crippen molar-refractivity contribution in [1.29, 1.82) is 5.26 Å². The van der Waals surface area contributed by atoms with Gasteiger partial charge >= 0.3 is 0 Å². The molecule has 5 fully saturated rings. The van der Waals surface area contributed by atoms with E-state index in [-0.39, 0.29) is 17.5 Å². The summed E-state index contributed by atoms with van der Waals surface area (Å²) in [6.45, 7) is 3.21. The van der Waals surface area contributed by atoms with Crippen LogP contribution in [0.15, 0.2) is 0 Å². The molecule has 5 rings (SSSR count). The Morgan fingerprint density at radius 2 is 2.26 bits per heavy atom. The number of nitrogens with one attached hydrogen (secondary N) is 1. The van der Waals surface area contributed by atoms with E-state index in [0.29, 0.717) is 30.8 Å². The molecule has 0 aromatic heterocycles. The van der Waals surface area contributed by atoms with Gasteiger partial charge in [0.2, 0.25) is 5.91 Å². The molecule has 4 saturated carbocycles. The largest absolute Gasteiger partial charge is 0.390 e. The summed E-state index contributed by atoms with van der Waals surface area (Å²) in [7, 11) is 0. The smallest absolute Gasteiger partial charge is 0.237 e. The van der Waals surface area contributed by atoms with Gasteiger partial charge in [0.05, 0.1) is 18.2 Å². The van der Waals surface area contributed by atoms with Crippen LogP contribution in [0.3, 0.4) is 0 Å². The fraction of sp³-hybridized carbons (Fsp3) is 0.889. The maximum Gasteiger partial charge on any atom is 0.237 e. The number of hydrogen-bond acceptors (Lipinski definition) is 4. The lowest BCUT2D eigenvalue weighted by atomic mass is 9.47. The number of rotatable bonds is 3. The average Bonchev–Trinajstić information content (AvgIpc) is 2.98. The zero-order chi connectivity index (χ0) is 16.2. The van der Waals surface area contributed by atoms with Crippen molar-refractivity contribution in [2.24, 2.45) is 17.8 Å². The molecule has 5 heteroatoms. The van der Waals surface area contributed by atoms with Crippen LogP contribution in [0, 0.1) is 29.1 Å². The van der Waals surface area contributed by atoms with Crippen LogP contribution in [0.1, 0.15) is 51.9 Å². The van der Waals surface area contributed by atoms with Gasteiger partial charge < -0.3 is 15.3 Å². The molecule has 23 heavy (non-hydrogen) atoms. The molecule has 126 valence electrons. The summed E-state index contributed by atoms with van der Waals surface area (Å²) in [5, 5.41) is 23.7. The predicted octanol–water partition coefficient (Wildman–Crippen LogP) is 1.42. The molecule has 0 spiro atoms. The minimum absolute atomic E-state index is 0.0461. The lowest BCUT2D eigenvalue weighted by Crippen LogP contribution is -2.68. The van der Waals surface area contributed by atoms with Crippen LogP contribution in [0.5, 0.6) is 0 Å². The Hall–Kier alpha value is -1.12. The second-order valence-electron chi connectivity index (χ2n) is 8.55. The first-order chi connectivity index (χ1) is 10.9. The van der Waals surface area contributed by atoms with Crippen molar-refractivity contribution in [3.8, 4) is 6.07 Å². The summed E-state index contributed by atoms with van der Waals surface area (Å²) in [5.74, 6) is 1.61. The van der Waals surface area contributed by atoms with E-state index in [1.165, 1.54) is 6.42 Å². The highest BCUT2D eigenvalue weighted by Gasteiger charge is 2.60. The molecule has 5 nitrogen and oxygen atoms in total. The van der Waals surface area contributed by atoms with Gasteiger partial charge in [-0.1, -0.05) is 6.92 Å². The van der Waals surface area contributed by atoms with E-state index in [1.807, 2.05) is 0 Å². The van der Waals surface area contributed by atoms with Gasteiger partial charge in [0, 0.05) is 12.1 Å². The summed E-state index contributed by atoms with van der Waals surface area (Å²) in [6.07, 6.45) is 6.86. The zero-order valence-corrected chi connectivity index (χ0v) is 13.9. The average molecular weight is 317 g/mol. The van der Waals surface area contributed by atoms with Crippen LogP contribution < -0.4 is 5.32 Å². The third-order valence-corrected chi connectivity index (χ3v) is 7.15. The van der Waals surface area contributed by atoms with Crippen molar-refractivity contribution >= 4 is 5.91 Å². The van der Waals surface area contributed by atoms with Crippen molar-refractivity contribution in [2.45, 2.75) is 69.1 Å². The van der Waals surface area contributed by atoms with Gasteiger partial charge in [0.15, 0.2) is 0 Å². The zero-order valence-electron chi connectivity index (χ0n) is 13.9. The quantitative estimate of drug-likeness (QED) is 0.825. The highest BCUT2D eigenvalue weighted by Crippen LogP contribution is 2.59. The molecule has 0 aromatic rings. The van der Waals surface area contributed by atoms with Crippen LogP contribution >= 0.6 is 0 Å². The van der Waals surface area contributed by atoms with E-state index in [9.17, 15) is 9.90 Å². The first-order valence-corrected chi connectivity index (χ1v) is 9.11. The minimum atomic E-state index is -0.539. The first kappa shape index (κ1) is 15.4. The van der Waals surface area contributed by atoms with E-state index in [2.05, 4.69) is 18.3 Å². The fourth-order valence-corrected chi connectivity index (χ4v) is 6.13. The molecule has 0 radical (unpaired) electrons. The van der Waals surface area contributed by atoms with Crippen molar-refractivity contribution in [3.63, 3.8) is 0 Å². The van der Waals surface area contributed by atoms with Gasteiger partial charge in [0.1, 0.15) is 6.04 Å². The molecule has 1 amide bonds. The second-order valence-corrected chi connectivity index (χ2v) is 8.55. The van der Waals surface area contributed by atoms with Gasteiger partial charge in [-0.3, -0.25) is 4.79 Å². The molecule has 0 aromatic carbocycles. The molecule has 1 heterocycles. The summed E-state index contributed by atoms with van der Waals surface area (Å²) in [5.41, 5.74) is -0.604. The lowest BCUT2D eigenvalue weighted by molar-refractivity contribution is -0.180.